The number of non-ortho nitro benzene ring substituents is 1. The quantitative estimate of drug-likeness (QED) is 0.618. The Balaban J connectivity index is 2.12. The summed E-state index contributed by atoms with van der Waals surface area (Å²) in [5, 5.41) is 16.3. The van der Waals surface area contributed by atoms with Gasteiger partial charge in [0, 0.05) is 35.2 Å². The molecule has 0 saturated carbocycles. The minimum atomic E-state index is -0.405. The largest absolute Gasteiger partial charge is 0.494 e. The normalized spacial score (nSPS) is 11.9. The van der Waals surface area contributed by atoms with Crippen molar-refractivity contribution in [3.05, 3.63) is 50.7 Å². The van der Waals surface area contributed by atoms with E-state index in [1.54, 1.807) is 17.4 Å². The smallest absolute Gasteiger partial charge is 0.275 e. The maximum absolute atomic E-state index is 11.0. The maximum atomic E-state index is 11.0. The fourth-order valence-electron chi connectivity index (χ4n) is 2.09. The average molecular weight is 306 g/mol. The van der Waals surface area contributed by atoms with E-state index in [-0.39, 0.29) is 11.7 Å². The predicted molar refractivity (Wildman–Crippen MR) is 85.4 cm³/mol. The van der Waals surface area contributed by atoms with Crippen LogP contribution < -0.4 is 10.1 Å². The Morgan fingerprint density at radius 1 is 1.43 bits per heavy atom. The number of thiophene rings is 1. The Hall–Kier alpha value is -2.08. The van der Waals surface area contributed by atoms with E-state index in [1.807, 2.05) is 18.4 Å². The van der Waals surface area contributed by atoms with Gasteiger partial charge in [0.2, 0.25) is 0 Å². The van der Waals surface area contributed by atoms with Gasteiger partial charge in [-0.05, 0) is 25.3 Å². The van der Waals surface area contributed by atoms with Crippen LogP contribution in [0.3, 0.4) is 0 Å². The number of ether oxygens (including phenoxy) is 1. The lowest BCUT2D eigenvalue weighted by Crippen LogP contribution is -2.17. The molecule has 2 rings (SSSR count). The van der Waals surface area contributed by atoms with Crippen molar-refractivity contribution in [3.63, 3.8) is 0 Å². The van der Waals surface area contributed by atoms with Gasteiger partial charge in [0.25, 0.3) is 5.69 Å². The van der Waals surface area contributed by atoms with Gasteiger partial charge in [-0.15, -0.1) is 11.3 Å². The lowest BCUT2D eigenvalue weighted by Gasteiger charge is -2.15. The van der Waals surface area contributed by atoms with Gasteiger partial charge in [0.05, 0.1) is 17.6 Å². The molecule has 0 aliphatic heterocycles. The van der Waals surface area contributed by atoms with Crippen molar-refractivity contribution < 1.29 is 9.66 Å². The molecule has 1 atom stereocenters. The summed E-state index contributed by atoms with van der Waals surface area (Å²) in [4.78, 5) is 11.9. The number of hydrogen-bond acceptors (Lipinski definition) is 5. The summed E-state index contributed by atoms with van der Waals surface area (Å²) in [6, 6.07) is 9.06. The number of nitro benzene ring substituents is 1. The Morgan fingerprint density at radius 2 is 2.24 bits per heavy atom. The van der Waals surface area contributed by atoms with Gasteiger partial charge >= 0.3 is 0 Å². The summed E-state index contributed by atoms with van der Waals surface area (Å²) in [7, 11) is 0. The number of benzene rings is 1. The van der Waals surface area contributed by atoms with Gasteiger partial charge in [-0.25, -0.2) is 0 Å². The van der Waals surface area contributed by atoms with Crippen molar-refractivity contribution in [2.24, 2.45) is 0 Å². The SMILES string of the molecule is CCOc1cc(NC(C)Cc2cccs2)cc([N+](=O)[O-])c1. The Bertz CT molecular complexity index is 599. The first-order chi connectivity index (χ1) is 10.1. The molecule has 112 valence electrons. The summed E-state index contributed by atoms with van der Waals surface area (Å²) < 4.78 is 5.38. The maximum Gasteiger partial charge on any atom is 0.275 e. The van der Waals surface area contributed by atoms with Gasteiger partial charge in [-0.2, -0.15) is 0 Å². The molecule has 1 unspecified atom stereocenters. The van der Waals surface area contributed by atoms with Gasteiger partial charge in [0.1, 0.15) is 5.75 Å². The van der Waals surface area contributed by atoms with Crippen LogP contribution in [-0.4, -0.2) is 17.6 Å². The van der Waals surface area contributed by atoms with E-state index >= 15 is 0 Å². The van der Waals surface area contributed by atoms with Crippen LogP contribution in [0.4, 0.5) is 11.4 Å². The first kappa shape index (κ1) is 15.3. The lowest BCUT2D eigenvalue weighted by molar-refractivity contribution is -0.384. The Kier molecular flexibility index (Phi) is 5.16. The van der Waals surface area contributed by atoms with Crippen LogP contribution in [0.15, 0.2) is 35.7 Å². The number of hydrogen-bond donors (Lipinski definition) is 1. The standard InChI is InChI=1S/C15H18N2O3S/c1-3-20-14-9-12(8-13(10-14)17(18)19)16-11(2)7-15-5-4-6-21-15/h4-6,8-11,16H,3,7H2,1-2H3. The highest BCUT2D eigenvalue weighted by atomic mass is 32.1. The number of nitrogens with zero attached hydrogens (tertiary/aromatic N) is 1. The fraction of sp³-hybridized carbons (Fsp3) is 0.333. The molecule has 0 amide bonds. The molecule has 1 N–H and O–H groups in total. The minimum absolute atomic E-state index is 0.0340. The first-order valence-corrected chi connectivity index (χ1v) is 7.67. The van der Waals surface area contributed by atoms with E-state index in [0.29, 0.717) is 18.0 Å². The third-order valence-corrected chi connectivity index (χ3v) is 3.81. The second-order valence-electron chi connectivity index (χ2n) is 4.73. The third kappa shape index (κ3) is 4.46. The van der Waals surface area contributed by atoms with Crippen LogP contribution in [0.25, 0.3) is 0 Å². The highest BCUT2D eigenvalue weighted by Gasteiger charge is 2.12. The van der Waals surface area contributed by atoms with Gasteiger partial charge in [-0.3, -0.25) is 10.1 Å². The zero-order valence-electron chi connectivity index (χ0n) is 12.0. The molecule has 6 heteroatoms. The van der Waals surface area contributed by atoms with Crippen molar-refractivity contribution in [1.29, 1.82) is 0 Å². The second-order valence-corrected chi connectivity index (χ2v) is 5.77. The van der Waals surface area contributed by atoms with E-state index in [2.05, 4.69) is 18.3 Å². The van der Waals surface area contributed by atoms with Gasteiger partial charge < -0.3 is 10.1 Å². The second kappa shape index (κ2) is 7.08. The molecule has 1 aromatic heterocycles. The van der Waals surface area contributed by atoms with Gasteiger partial charge in [0.15, 0.2) is 0 Å². The van der Waals surface area contributed by atoms with Gasteiger partial charge in [-0.1, -0.05) is 6.07 Å². The van der Waals surface area contributed by atoms with Crippen LogP contribution in [0.1, 0.15) is 18.7 Å². The monoisotopic (exact) mass is 306 g/mol. The molecule has 5 nitrogen and oxygen atoms in total. The topological polar surface area (TPSA) is 64.4 Å². The summed E-state index contributed by atoms with van der Waals surface area (Å²) in [5.41, 5.74) is 0.739. The summed E-state index contributed by atoms with van der Waals surface area (Å²) >= 11 is 1.71. The van der Waals surface area contributed by atoms with Crippen LogP contribution in [0.5, 0.6) is 5.75 Å². The Morgan fingerprint density at radius 3 is 2.86 bits per heavy atom. The lowest BCUT2D eigenvalue weighted by atomic mass is 10.2. The van der Waals surface area contributed by atoms with Crippen LogP contribution in [0.2, 0.25) is 0 Å². The van der Waals surface area contributed by atoms with Crippen molar-refractivity contribution in [3.8, 4) is 5.75 Å². The highest BCUT2D eigenvalue weighted by Crippen LogP contribution is 2.27. The van der Waals surface area contributed by atoms with Crippen molar-refractivity contribution in [1.82, 2.24) is 0 Å². The molecule has 0 bridgehead atoms. The number of anilines is 1. The van der Waals surface area contributed by atoms with Crippen LogP contribution in [-0.2, 0) is 6.42 Å². The van der Waals surface area contributed by atoms with E-state index in [9.17, 15) is 10.1 Å². The van der Waals surface area contributed by atoms with Crippen LogP contribution >= 0.6 is 11.3 Å². The van der Waals surface area contributed by atoms with Crippen LogP contribution in [0, 0.1) is 10.1 Å². The molecule has 1 aromatic carbocycles. The summed E-state index contributed by atoms with van der Waals surface area (Å²) in [6.45, 7) is 4.38. The average Bonchev–Trinajstić information content (AvgIpc) is 2.91. The summed E-state index contributed by atoms with van der Waals surface area (Å²) in [5.74, 6) is 0.512. The predicted octanol–water partition coefficient (Wildman–Crippen LogP) is 4.10. The van der Waals surface area contributed by atoms with Crippen molar-refractivity contribution in [2.45, 2.75) is 26.3 Å². The van der Waals surface area contributed by atoms with Crippen molar-refractivity contribution >= 4 is 22.7 Å². The number of nitrogens with one attached hydrogen (secondary N) is 1. The molecular formula is C15H18N2O3S. The molecule has 0 spiro atoms. The third-order valence-electron chi connectivity index (χ3n) is 2.91. The number of rotatable bonds is 7. The zero-order chi connectivity index (χ0) is 15.2. The molecular weight excluding hydrogens is 288 g/mol. The Labute approximate surface area is 127 Å². The van der Waals surface area contributed by atoms with E-state index in [4.69, 9.17) is 4.74 Å². The van der Waals surface area contributed by atoms with E-state index in [1.165, 1.54) is 17.0 Å². The highest BCUT2D eigenvalue weighted by molar-refractivity contribution is 7.09. The minimum Gasteiger partial charge on any atom is -0.494 e. The molecule has 2 aromatic rings. The van der Waals surface area contributed by atoms with Crippen molar-refractivity contribution in [2.75, 3.05) is 11.9 Å². The summed E-state index contributed by atoms with van der Waals surface area (Å²) in [6.07, 6.45) is 0.879. The van der Waals surface area contributed by atoms with E-state index < -0.39 is 4.92 Å². The molecule has 21 heavy (non-hydrogen) atoms. The first-order valence-electron chi connectivity index (χ1n) is 6.79. The molecule has 0 fully saturated rings. The van der Waals surface area contributed by atoms with E-state index in [0.717, 1.165) is 6.42 Å². The molecule has 0 radical (unpaired) electrons. The number of nitro groups is 1. The molecule has 0 aliphatic rings. The fourth-order valence-corrected chi connectivity index (χ4v) is 2.92. The molecule has 0 saturated heterocycles. The zero-order valence-corrected chi connectivity index (χ0v) is 12.9. The molecule has 0 aliphatic carbocycles. The molecule has 1 heterocycles.